The summed E-state index contributed by atoms with van der Waals surface area (Å²) in [6.45, 7) is 3.61. The van der Waals surface area contributed by atoms with E-state index in [4.69, 9.17) is 11.6 Å². The monoisotopic (exact) mass is 279 g/mol. The largest absolute Gasteiger partial charge is 0.381 e. The molecule has 100 valence electrons. The molecule has 19 heavy (non-hydrogen) atoms. The second-order valence-corrected chi connectivity index (χ2v) is 4.53. The lowest BCUT2D eigenvalue weighted by atomic mass is 10.2. The number of nitro groups is 1. The Morgan fingerprint density at radius 3 is 2.84 bits per heavy atom. The first-order chi connectivity index (χ1) is 9.10. The zero-order valence-electron chi connectivity index (χ0n) is 10.5. The first-order valence-electron chi connectivity index (χ1n) is 5.92. The van der Waals surface area contributed by atoms with Crippen LogP contribution in [0.2, 0.25) is 5.02 Å². The summed E-state index contributed by atoms with van der Waals surface area (Å²) < 4.78 is 2.07. The van der Waals surface area contributed by atoms with Gasteiger partial charge in [-0.05, 0) is 30.7 Å². The average molecular weight is 280 g/mol. The van der Waals surface area contributed by atoms with Gasteiger partial charge in [0.2, 0.25) is 0 Å². The molecule has 0 bridgehead atoms. The van der Waals surface area contributed by atoms with Crippen molar-refractivity contribution in [3.05, 3.63) is 57.4 Å². The first kappa shape index (κ1) is 13.4. The van der Waals surface area contributed by atoms with Gasteiger partial charge in [0.25, 0.3) is 5.69 Å². The predicted molar refractivity (Wildman–Crippen MR) is 75.5 cm³/mol. The van der Waals surface area contributed by atoms with Crippen LogP contribution in [-0.2, 0) is 13.1 Å². The second-order valence-electron chi connectivity index (χ2n) is 4.13. The smallest absolute Gasteiger partial charge is 0.289 e. The van der Waals surface area contributed by atoms with Gasteiger partial charge in [0, 0.05) is 37.2 Å². The van der Waals surface area contributed by atoms with Crippen LogP contribution in [0.3, 0.4) is 0 Å². The molecule has 0 aliphatic carbocycles. The Balaban J connectivity index is 2.07. The molecule has 0 saturated carbocycles. The van der Waals surface area contributed by atoms with Crippen LogP contribution in [0.4, 0.5) is 11.4 Å². The third-order valence-corrected chi connectivity index (χ3v) is 3.14. The second kappa shape index (κ2) is 5.75. The van der Waals surface area contributed by atoms with E-state index in [1.54, 1.807) is 6.07 Å². The number of hydrogen-bond donors (Lipinski definition) is 1. The number of anilines is 1. The molecule has 5 nitrogen and oxygen atoms in total. The Kier molecular flexibility index (Phi) is 4.06. The van der Waals surface area contributed by atoms with Gasteiger partial charge in [0.15, 0.2) is 0 Å². The third kappa shape index (κ3) is 3.26. The fourth-order valence-electron chi connectivity index (χ4n) is 1.76. The molecule has 0 aliphatic rings. The van der Waals surface area contributed by atoms with E-state index in [-0.39, 0.29) is 10.7 Å². The van der Waals surface area contributed by atoms with E-state index in [1.807, 2.05) is 18.5 Å². The molecule has 6 heteroatoms. The average Bonchev–Trinajstić information content (AvgIpc) is 2.85. The Labute approximate surface area is 116 Å². The number of rotatable bonds is 5. The summed E-state index contributed by atoms with van der Waals surface area (Å²) in [5.41, 5.74) is 1.72. The highest BCUT2D eigenvalue weighted by Crippen LogP contribution is 2.27. The molecular formula is C13H14ClN3O2. The van der Waals surface area contributed by atoms with Gasteiger partial charge in [0.1, 0.15) is 5.02 Å². The molecule has 0 unspecified atom stereocenters. The minimum absolute atomic E-state index is 0.0854. The van der Waals surface area contributed by atoms with Crippen molar-refractivity contribution in [2.24, 2.45) is 0 Å². The van der Waals surface area contributed by atoms with Crippen LogP contribution in [0.15, 0.2) is 36.7 Å². The van der Waals surface area contributed by atoms with Gasteiger partial charge in [0.05, 0.1) is 4.92 Å². The van der Waals surface area contributed by atoms with Crippen LogP contribution in [0, 0.1) is 10.1 Å². The van der Waals surface area contributed by atoms with E-state index < -0.39 is 4.92 Å². The van der Waals surface area contributed by atoms with Crippen LogP contribution < -0.4 is 5.32 Å². The van der Waals surface area contributed by atoms with Gasteiger partial charge >= 0.3 is 0 Å². The molecule has 1 aromatic heterocycles. The Bertz CT molecular complexity index is 595. The number of benzene rings is 1. The highest BCUT2D eigenvalue weighted by atomic mass is 35.5. The number of halogens is 1. The molecule has 1 aromatic carbocycles. The Hall–Kier alpha value is -2.01. The molecular weight excluding hydrogens is 266 g/mol. The maximum atomic E-state index is 10.8. The zero-order chi connectivity index (χ0) is 13.8. The van der Waals surface area contributed by atoms with Crippen molar-refractivity contribution in [2.75, 3.05) is 5.32 Å². The first-order valence-corrected chi connectivity index (χ1v) is 6.30. The lowest BCUT2D eigenvalue weighted by Crippen LogP contribution is -1.99. The van der Waals surface area contributed by atoms with E-state index in [9.17, 15) is 10.1 Å². The normalized spacial score (nSPS) is 10.4. The standard InChI is InChI=1S/C13H14ClN3O2/c1-2-16-6-5-10(9-16)8-15-11-3-4-12(14)13(7-11)17(18)19/h3-7,9,15H,2,8H2,1H3. The molecule has 0 aliphatic heterocycles. The van der Waals surface area contributed by atoms with E-state index in [2.05, 4.69) is 16.8 Å². The molecule has 1 heterocycles. The lowest BCUT2D eigenvalue weighted by molar-refractivity contribution is -0.384. The van der Waals surface area contributed by atoms with Crippen molar-refractivity contribution in [2.45, 2.75) is 20.0 Å². The van der Waals surface area contributed by atoms with Crippen molar-refractivity contribution in [3.63, 3.8) is 0 Å². The zero-order valence-corrected chi connectivity index (χ0v) is 11.2. The van der Waals surface area contributed by atoms with E-state index in [0.717, 1.165) is 12.1 Å². The summed E-state index contributed by atoms with van der Waals surface area (Å²) in [6.07, 6.45) is 4.04. The summed E-state index contributed by atoms with van der Waals surface area (Å²) in [7, 11) is 0. The summed E-state index contributed by atoms with van der Waals surface area (Å²) >= 11 is 5.76. The van der Waals surface area contributed by atoms with Gasteiger partial charge in [-0.1, -0.05) is 11.6 Å². The van der Waals surface area contributed by atoms with Crippen LogP contribution in [0.5, 0.6) is 0 Å². The van der Waals surface area contributed by atoms with E-state index in [0.29, 0.717) is 12.2 Å². The van der Waals surface area contributed by atoms with Gasteiger partial charge in [-0.25, -0.2) is 0 Å². The molecule has 0 radical (unpaired) electrons. The molecule has 2 rings (SSSR count). The number of nitrogens with one attached hydrogen (secondary N) is 1. The summed E-state index contributed by atoms with van der Waals surface area (Å²) in [5, 5.41) is 14.1. The molecule has 0 atom stereocenters. The topological polar surface area (TPSA) is 60.1 Å². The van der Waals surface area contributed by atoms with Gasteiger partial charge < -0.3 is 9.88 Å². The Morgan fingerprint density at radius 2 is 2.21 bits per heavy atom. The molecule has 2 aromatic rings. The lowest BCUT2D eigenvalue weighted by Gasteiger charge is -2.05. The fraction of sp³-hybridized carbons (Fsp3) is 0.231. The molecule has 0 amide bonds. The summed E-state index contributed by atoms with van der Waals surface area (Å²) in [5.74, 6) is 0. The minimum Gasteiger partial charge on any atom is -0.381 e. The highest BCUT2D eigenvalue weighted by molar-refractivity contribution is 6.32. The SMILES string of the molecule is CCn1ccc(CNc2ccc(Cl)c([N+](=O)[O-])c2)c1. The van der Waals surface area contributed by atoms with Crippen molar-refractivity contribution in [1.82, 2.24) is 4.57 Å². The molecule has 1 N–H and O–H groups in total. The predicted octanol–water partition coefficient (Wildman–Crippen LogP) is 3.68. The number of aromatic nitrogens is 1. The fourth-order valence-corrected chi connectivity index (χ4v) is 1.95. The molecule has 0 fully saturated rings. The van der Waals surface area contributed by atoms with Crippen molar-refractivity contribution in [1.29, 1.82) is 0 Å². The van der Waals surface area contributed by atoms with Crippen LogP contribution in [0.25, 0.3) is 0 Å². The minimum atomic E-state index is -0.485. The van der Waals surface area contributed by atoms with Crippen LogP contribution in [0.1, 0.15) is 12.5 Å². The quantitative estimate of drug-likeness (QED) is 0.671. The van der Waals surface area contributed by atoms with Crippen molar-refractivity contribution in [3.8, 4) is 0 Å². The van der Waals surface area contributed by atoms with Crippen molar-refractivity contribution < 1.29 is 4.92 Å². The van der Waals surface area contributed by atoms with Gasteiger partial charge in [-0.15, -0.1) is 0 Å². The van der Waals surface area contributed by atoms with Crippen LogP contribution >= 0.6 is 11.6 Å². The Morgan fingerprint density at radius 1 is 1.42 bits per heavy atom. The van der Waals surface area contributed by atoms with Gasteiger partial charge in [-0.3, -0.25) is 10.1 Å². The summed E-state index contributed by atoms with van der Waals surface area (Å²) in [4.78, 5) is 10.3. The number of nitro benzene ring substituents is 1. The molecule has 0 spiro atoms. The number of hydrogen-bond acceptors (Lipinski definition) is 3. The number of nitrogens with zero attached hydrogens (tertiary/aromatic N) is 2. The molecule has 0 saturated heterocycles. The van der Waals surface area contributed by atoms with Crippen molar-refractivity contribution >= 4 is 23.0 Å². The summed E-state index contributed by atoms with van der Waals surface area (Å²) in [6, 6.07) is 6.71. The highest BCUT2D eigenvalue weighted by Gasteiger charge is 2.12. The van der Waals surface area contributed by atoms with Crippen LogP contribution in [-0.4, -0.2) is 9.49 Å². The van der Waals surface area contributed by atoms with E-state index >= 15 is 0 Å². The maximum absolute atomic E-state index is 10.8. The number of aryl methyl sites for hydroxylation is 1. The third-order valence-electron chi connectivity index (χ3n) is 2.82. The maximum Gasteiger partial charge on any atom is 0.289 e. The van der Waals surface area contributed by atoms with Gasteiger partial charge in [-0.2, -0.15) is 0 Å². The van der Waals surface area contributed by atoms with E-state index in [1.165, 1.54) is 12.1 Å².